The van der Waals surface area contributed by atoms with E-state index in [9.17, 15) is 0 Å². The molecule has 0 aliphatic carbocycles. The monoisotopic (exact) mass is 546 g/mol. The molecule has 0 bridgehead atoms. The molecular formula is C23H28BrClN8O. The Labute approximate surface area is 214 Å². The van der Waals surface area contributed by atoms with Crippen LogP contribution in [0.3, 0.4) is 0 Å². The van der Waals surface area contributed by atoms with E-state index in [0.717, 1.165) is 40.1 Å². The van der Waals surface area contributed by atoms with Crippen LogP contribution in [0.4, 0.5) is 29.2 Å². The van der Waals surface area contributed by atoms with E-state index < -0.39 is 0 Å². The summed E-state index contributed by atoms with van der Waals surface area (Å²) in [4.78, 5) is 17.8. The number of halogens is 2. The van der Waals surface area contributed by atoms with E-state index in [-0.39, 0.29) is 12.4 Å². The SMILES string of the molecule is Cc1ccc(Nc2nc(N/N=C/c3ccc(N(C)C)cc3)nc(N3CCOCC3)n2)c(Br)c1.Cl. The zero-order valence-corrected chi connectivity index (χ0v) is 21.7. The average molecular weight is 548 g/mol. The Kier molecular flexibility index (Phi) is 9.03. The molecule has 4 rings (SSSR count). The van der Waals surface area contributed by atoms with Crippen LogP contribution in [0.1, 0.15) is 11.1 Å². The van der Waals surface area contributed by atoms with Crippen LogP contribution in [0.5, 0.6) is 0 Å². The Morgan fingerprint density at radius 3 is 2.41 bits per heavy atom. The maximum atomic E-state index is 5.46. The van der Waals surface area contributed by atoms with E-state index in [4.69, 9.17) is 4.74 Å². The second-order valence-electron chi connectivity index (χ2n) is 7.85. The summed E-state index contributed by atoms with van der Waals surface area (Å²) in [5.74, 6) is 1.37. The number of ether oxygens (including phenoxy) is 1. The van der Waals surface area contributed by atoms with Crippen molar-refractivity contribution >= 4 is 63.8 Å². The predicted octanol–water partition coefficient (Wildman–Crippen LogP) is 4.46. The molecule has 1 saturated heterocycles. The number of aromatic nitrogens is 3. The van der Waals surface area contributed by atoms with E-state index in [1.165, 1.54) is 0 Å². The summed E-state index contributed by atoms with van der Waals surface area (Å²) in [5, 5.41) is 7.61. The number of aryl methyl sites for hydroxylation is 1. The first kappa shape index (κ1) is 25.7. The third-order valence-corrected chi connectivity index (χ3v) is 5.73. The molecule has 3 aromatic rings. The molecule has 0 spiro atoms. The van der Waals surface area contributed by atoms with Gasteiger partial charge in [-0.1, -0.05) is 18.2 Å². The summed E-state index contributed by atoms with van der Waals surface area (Å²) in [6, 6.07) is 14.2. The molecular weight excluding hydrogens is 520 g/mol. The molecule has 2 heterocycles. The number of anilines is 5. The Morgan fingerprint density at radius 2 is 1.74 bits per heavy atom. The smallest absolute Gasteiger partial charge is 0.250 e. The van der Waals surface area contributed by atoms with Crippen LogP contribution >= 0.6 is 28.3 Å². The fraction of sp³-hybridized carbons (Fsp3) is 0.304. The Bertz CT molecular complexity index is 1120. The average Bonchev–Trinajstić information content (AvgIpc) is 2.82. The van der Waals surface area contributed by atoms with Crippen LogP contribution in [0, 0.1) is 6.92 Å². The lowest BCUT2D eigenvalue weighted by Gasteiger charge is -2.27. The number of nitrogens with zero attached hydrogens (tertiary/aromatic N) is 6. The second-order valence-corrected chi connectivity index (χ2v) is 8.70. The summed E-state index contributed by atoms with van der Waals surface area (Å²) < 4.78 is 6.40. The van der Waals surface area contributed by atoms with Crippen molar-refractivity contribution in [2.75, 3.05) is 60.9 Å². The number of benzene rings is 2. The van der Waals surface area contributed by atoms with Gasteiger partial charge in [0, 0.05) is 37.3 Å². The van der Waals surface area contributed by atoms with Gasteiger partial charge in [0.05, 0.1) is 25.1 Å². The summed E-state index contributed by atoms with van der Waals surface area (Å²) in [7, 11) is 4.02. The molecule has 0 atom stereocenters. The van der Waals surface area contributed by atoms with Crippen molar-refractivity contribution in [3.05, 3.63) is 58.1 Å². The third kappa shape index (κ3) is 6.78. The van der Waals surface area contributed by atoms with Gasteiger partial charge in [-0.25, -0.2) is 5.43 Å². The number of hydrogen-bond acceptors (Lipinski definition) is 9. The van der Waals surface area contributed by atoms with E-state index >= 15 is 0 Å². The highest BCUT2D eigenvalue weighted by molar-refractivity contribution is 9.10. The molecule has 1 aromatic heterocycles. The molecule has 1 fully saturated rings. The standard InChI is InChI=1S/C23H27BrN8O.ClH/c1-16-4-9-20(19(24)14-16)26-21-27-22(29-23(28-21)32-10-12-33-13-11-32)30-25-15-17-5-7-18(8-6-17)31(2)3;/h4-9,14-15H,10-13H2,1-3H3,(H2,26,27,28,29,30);1H/b25-15+;. The lowest BCUT2D eigenvalue weighted by atomic mass is 10.2. The molecule has 0 unspecified atom stereocenters. The van der Waals surface area contributed by atoms with Crippen molar-refractivity contribution in [1.82, 2.24) is 15.0 Å². The van der Waals surface area contributed by atoms with Crippen molar-refractivity contribution in [3.8, 4) is 0 Å². The number of nitrogens with one attached hydrogen (secondary N) is 2. The first-order valence-electron chi connectivity index (χ1n) is 10.7. The van der Waals surface area contributed by atoms with Crippen molar-refractivity contribution in [1.29, 1.82) is 0 Å². The molecule has 34 heavy (non-hydrogen) atoms. The van der Waals surface area contributed by atoms with Crippen molar-refractivity contribution in [2.24, 2.45) is 5.10 Å². The molecule has 2 aromatic carbocycles. The van der Waals surface area contributed by atoms with Gasteiger partial charge in [0.15, 0.2) is 0 Å². The lowest BCUT2D eigenvalue weighted by molar-refractivity contribution is 0.122. The number of rotatable bonds is 7. The summed E-state index contributed by atoms with van der Waals surface area (Å²) in [6.07, 6.45) is 1.74. The quantitative estimate of drug-likeness (QED) is 0.331. The molecule has 1 aliphatic rings. The highest BCUT2D eigenvalue weighted by atomic mass is 79.9. The van der Waals surface area contributed by atoms with Crippen molar-refractivity contribution < 1.29 is 4.74 Å². The van der Waals surface area contributed by atoms with E-state index in [1.807, 2.05) is 63.5 Å². The normalized spacial score (nSPS) is 13.5. The van der Waals surface area contributed by atoms with Gasteiger partial charge >= 0.3 is 0 Å². The minimum absolute atomic E-state index is 0. The van der Waals surface area contributed by atoms with Gasteiger partial charge in [0.2, 0.25) is 17.8 Å². The second kappa shape index (κ2) is 12.0. The molecule has 0 radical (unpaired) electrons. The topological polar surface area (TPSA) is 90.8 Å². The highest BCUT2D eigenvalue weighted by Gasteiger charge is 2.17. The molecule has 0 amide bonds. The van der Waals surface area contributed by atoms with Crippen LogP contribution in [0.15, 0.2) is 52.0 Å². The Balaban J connectivity index is 0.00000324. The number of hydrogen-bond donors (Lipinski definition) is 2. The highest BCUT2D eigenvalue weighted by Crippen LogP contribution is 2.26. The Hall–Kier alpha value is -2.95. The van der Waals surface area contributed by atoms with E-state index in [0.29, 0.717) is 31.1 Å². The maximum absolute atomic E-state index is 5.46. The van der Waals surface area contributed by atoms with Crippen molar-refractivity contribution in [3.63, 3.8) is 0 Å². The van der Waals surface area contributed by atoms with E-state index in [1.54, 1.807) is 6.21 Å². The van der Waals surface area contributed by atoms with Crippen LogP contribution in [-0.2, 0) is 4.74 Å². The van der Waals surface area contributed by atoms with Gasteiger partial charge < -0.3 is 19.9 Å². The third-order valence-electron chi connectivity index (χ3n) is 5.08. The molecule has 1 aliphatic heterocycles. The van der Waals surface area contributed by atoms with Gasteiger partial charge in [-0.2, -0.15) is 20.1 Å². The summed E-state index contributed by atoms with van der Waals surface area (Å²) in [5.41, 5.74) is 7.08. The first-order chi connectivity index (χ1) is 16.0. The fourth-order valence-corrected chi connectivity index (χ4v) is 3.83. The van der Waals surface area contributed by atoms with Gasteiger partial charge in [-0.3, -0.25) is 0 Å². The molecule has 11 heteroatoms. The largest absolute Gasteiger partial charge is 0.378 e. The summed E-state index contributed by atoms with van der Waals surface area (Å²) in [6.45, 7) is 4.77. The zero-order chi connectivity index (χ0) is 23.2. The van der Waals surface area contributed by atoms with Crippen LogP contribution < -0.4 is 20.5 Å². The zero-order valence-electron chi connectivity index (χ0n) is 19.3. The minimum atomic E-state index is 0. The van der Waals surface area contributed by atoms with Gasteiger partial charge in [0.25, 0.3) is 0 Å². The van der Waals surface area contributed by atoms with Gasteiger partial charge in [-0.05, 0) is 58.2 Å². The number of morpholine rings is 1. The lowest BCUT2D eigenvalue weighted by Crippen LogP contribution is -2.37. The van der Waals surface area contributed by atoms with Crippen molar-refractivity contribution in [2.45, 2.75) is 6.92 Å². The molecule has 2 N–H and O–H groups in total. The van der Waals surface area contributed by atoms with Crippen LogP contribution in [-0.4, -0.2) is 61.6 Å². The van der Waals surface area contributed by atoms with E-state index in [2.05, 4.69) is 56.5 Å². The summed E-state index contributed by atoms with van der Waals surface area (Å²) >= 11 is 3.60. The number of hydrazone groups is 1. The van der Waals surface area contributed by atoms with Gasteiger partial charge in [0.1, 0.15) is 0 Å². The van der Waals surface area contributed by atoms with Gasteiger partial charge in [-0.15, -0.1) is 12.4 Å². The predicted molar refractivity (Wildman–Crippen MR) is 144 cm³/mol. The molecule has 9 nitrogen and oxygen atoms in total. The Morgan fingerprint density at radius 1 is 1.03 bits per heavy atom. The maximum Gasteiger partial charge on any atom is 0.250 e. The first-order valence-corrected chi connectivity index (χ1v) is 11.5. The minimum Gasteiger partial charge on any atom is -0.378 e. The molecule has 180 valence electrons. The molecule has 0 saturated carbocycles. The van der Waals surface area contributed by atoms with Crippen LogP contribution in [0.25, 0.3) is 0 Å². The van der Waals surface area contributed by atoms with Crippen LogP contribution in [0.2, 0.25) is 0 Å². The fourth-order valence-electron chi connectivity index (χ4n) is 3.24.